The van der Waals surface area contributed by atoms with E-state index in [1.807, 2.05) is 6.07 Å². The normalized spacial score (nSPS) is 20.8. The molecule has 1 aromatic carbocycles. The predicted octanol–water partition coefficient (Wildman–Crippen LogP) is 3.34. The van der Waals surface area contributed by atoms with E-state index in [1.165, 1.54) is 11.1 Å². The zero-order chi connectivity index (χ0) is 12.0. The second-order valence-corrected chi connectivity index (χ2v) is 5.60. The number of rotatable bonds is 2. The highest BCUT2D eigenvalue weighted by Crippen LogP contribution is 2.46. The highest BCUT2D eigenvalue weighted by atomic mass is 35.5. The van der Waals surface area contributed by atoms with Crippen molar-refractivity contribution in [2.45, 2.75) is 43.9 Å². The first kappa shape index (κ1) is 11.1. The number of carbonyl (C=O) groups is 1. The molecule has 0 unspecified atom stereocenters. The van der Waals surface area contributed by atoms with Crippen molar-refractivity contribution in [3.05, 3.63) is 33.8 Å². The average Bonchev–Trinajstić information content (AvgIpc) is 2.63. The van der Waals surface area contributed by atoms with Gasteiger partial charge in [-0.2, -0.15) is 0 Å². The Morgan fingerprint density at radius 1 is 1.24 bits per heavy atom. The third-order valence-corrected chi connectivity index (χ3v) is 4.67. The number of carboxylic acid groups (broad SMARTS) is 1. The van der Waals surface area contributed by atoms with E-state index in [2.05, 4.69) is 6.07 Å². The molecule has 0 saturated heterocycles. The minimum absolute atomic E-state index is 0.652. The minimum atomic E-state index is -0.697. The molecule has 0 atom stereocenters. The molecule has 0 aromatic heterocycles. The summed E-state index contributed by atoms with van der Waals surface area (Å²) in [6.45, 7) is 0. The largest absolute Gasteiger partial charge is 0.481 e. The number of carboxylic acids is 1. The zero-order valence-corrected chi connectivity index (χ0v) is 10.4. The summed E-state index contributed by atoms with van der Waals surface area (Å²) in [7, 11) is 0. The molecule has 1 saturated carbocycles. The molecule has 2 aliphatic rings. The van der Waals surface area contributed by atoms with Crippen molar-refractivity contribution in [1.82, 2.24) is 0 Å². The average molecular weight is 251 g/mol. The number of aliphatic carboxylic acids is 1. The molecule has 0 amide bonds. The first-order chi connectivity index (χ1) is 8.13. The summed E-state index contributed by atoms with van der Waals surface area (Å²) in [5.41, 5.74) is 2.76. The maximum atomic E-state index is 11.5. The Balaban J connectivity index is 2.10. The van der Waals surface area contributed by atoms with Crippen LogP contribution in [0, 0.1) is 0 Å². The van der Waals surface area contributed by atoms with Crippen LogP contribution in [0.2, 0.25) is 5.02 Å². The maximum Gasteiger partial charge on any atom is 0.314 e. The lowest BCUT2D eigenvalue weighted by Gasteiger charge is -2.38. The van der Waals surface area contributed by atoms with Gasteiger partial charge in [0.2, 0.25) is 0 Å². The van der Waals surface area contributed by atoms with E-state index in [1.54, 1.807) is 0 Å². The number of hydrogen-bond acceptors (Lipinski definition) is 1. The van der Waals surface area contributed by atoms with E-state index >= 15 is 0 Å². The first-order valence-electron chi connectivity index (χ1n) is 6.19. The standard InChI is InChI=1S/C14H15ClO2/c15-12-8-10(7-9-3-1-4-11(9)12)14(13(16)17)5-2-6-14/h7-8H,1-6H2,(H,16,17). The molecule has 0 radical (unpaired) electrons. The lowest BCUT2D eigenvalue weighted by atomic mass is 9.64. The van der Waals surface area contributed by atoms with Crippen LogP contribution in [0.25, 0.3) is 0 Å². The lowest BCUT2D eigenvalue weighted by Crippen LogP contribution is -2.42. The van der Waals surface area contributed by atoms with Crippen molar-refractivity contribution in [2.24, 2.45) is 0 Å². The Kier molecular flexibility index (Phi) is 2.44. The molecule has 17 heavy (non-hydrogen) atoms. The molecule has 0 spiro atoms. The molecule has 2 nitrogen and oxygen atoms in total. The second-order valence-electron chi connectivity index (χ2n) is 5.19. The van der Waals surface area contributed by atoms with Gasteiger partial charge >= 0.3 is 5.97 Å². The van der Waals surface area contributed by atoms with Gasteiger partial charge in [-0.1, -0.05) is 24.1 Å². The molecule has 2 aliphatic carbocycles. The van der Waals surface area contributed by atoms with Crippen LogP contribution >= 0.6 is 11.6 Å². The Bertz CT molecular complexity index is 489. The van der Waals surface area contributed by atoms with Gasteiger partial charge < -0.3 is 5.11 Å². The van der Waals surface area contributed by atoms with Gasteiger partial charge in [-0.15, -0.1) is 0 Å². The highest BCUT2D eigenvalue weighted by Gasteiger charge is 2.46. The smallest absolute Gasteiger partial charge is 0.314 e. The molecule has 3 rings (SSSR count). The summed E-state index contributed by atoms with van der Waals surface area (Å²) in [5, 5.41) is 10.2. The van der Waals surface area contributed by atoms with E-state index in [-0.39, 0.29) is 0 Å². The van der Waals surface area contributed by atoms with Crippen LogP contribution in [-0.2, 0) is 23.1 Å². The third-order valence-electron chi connectivity index (χ3n) is 4.33. The van der Waals surface area contributed by atoms with Crippen LogP contribution < -0.4 is 0 Å². The molecular formula is C14H15ClO2. The van der Waals surface area contributed by atoms with Crippen molar-refractivity contribution >= 4 is 17.6 Å². The Labute approximate surface area is 106 Å². The Hall–Kier alpha value is -1.02. The summed E-state index contributed by atoms with van der Waals surface area (Å²) in [6, 6.07) is 3.97. The maximum absolute atomic E-state index is 11.5. The molecular weight excluding hydrogens is 236 g/mol. The molecule has 1 aromatic rings. The van der Waals surface area contributed by atoms with Crippen LogP contribution in [0.3, 0.4) is 0 Å². The van der Waals surface area contributed by atoms with Crippen LogP contribution in [0.1, 0.15) is 42.4 Å². The Morgan fingerprint density at radius 2 is 2.00 bits per heavy atom. The van der Waals surface area contributed by atoms with E-state index in [9.17, 15) is 9.90 Å². The van der Waals surface area contributed by atoms with Crippen molar-refractivity contribution in [1.29, 1.82) is 0 Å². The topological polar surface area (TPSA) is 37.3 Å². The number of hydrogen-bond donors (Lipinski definition) is 1. The molecule has 0 bridgehead atoms. The molecule has 1 N–H and O–H groups in total. The van der Waals surface area contributed by atoms with Crippen LogP contribution in [0.4, 0.5) is 0 Å². The summed E-state index contributed by atoms with van der Waals surface area (Å²) >= 11 is 6.27. The summed E-state index contributed by atoms with van der Waals surface area (Å²) in [4.78, 5) is 11.5. The fourth-order valence-corrected chi connectivity index (χ4v) is 3.42. The van der Waals surface area contributed by atoms with Crippen molar-refractivity contribution in [3.63, 3.8) is 0 Å². The van der Waals surface area contributed by atoms with Gasteiger partial charge in [0.15, 0.2) is 0 Å². The quantitative estimate of drug-likeness (QED) is 0.874. The van der Waals surface area contributed by atoms with Gasteiger partial charge in [-0.05, 0) is 54.9 Å². The van der Waals surface area contributed by atoms with Gasteiger partial charge in [-0.3, -0.25) is 4.79 Å². The third kappa shape index (κ3) is 1.50. The molecule has 3 heteroatoms. The minimum Gasteiger partial charge on any atom is -0.481 e. The summed E-state index contributed by atoms with van der Waals surface area (Å²) in [5.74, 6) is -0.697. The van der Waals surface area contributed by atoms with Crippen LogP contribution in [0.15, 0.2) is 12.1 Å². The first-order valence-corrected chi connectivity index (χ1v) is 6.56. The van der Waals surface area contributed by atoms with Gasteiger partial charge in [-0.25, -0.2) is 0 Å². The number of halogens is 1. The number of fused-ring (bicyclic) bond motifs is 1. The SMILES string of the molecule is O=C(O)C1(c2cc(Cl)c3c(c2)CCC3)CCC1. The van der Waals surface area contributed by atoms with Crippen molar-refractivity contribution < 1.29 is 9.90 Å². The van der Waals surface area contributed by atoms with Crippen LogP contribution in [-0.4, -0.2) is 11.1 Å². The highest BCUT2D eigenvalue weighted by molar-refractivity contribution is 6.31. The van der Waals surface area contributed by atoms with E-state index in [0.29, 0.717) is 0 Å². The molecule has 0 heterocycles. The molecule has 1 fully saturated rings. The Morgan fingerprint density at radius 3 is 2.59 bits per heavy atom. The fraction of sp³-hybridized carbons (Fsp3) is 0.500. The van der Waals surface area contributed by atoms with E-state index in [0.717, 1.165) is 49.1 Å². The van der Waals surface area contributed by atoms with Crippen molar-refractivity contribution in [2.75, 3.05) is 0 Å². The van der Waals surface area contributed by atoms with E-state index < -0.39 is 11.4 Å². The fourth-order valence-electron chi connectivity index (χ4n) is 3.08. The summed E-state index contributed by atoms with van der Waals surface area (Å²) in [6.07, 6.45) is 5.71. The zero-order valence-electron chi connectivity index (χ0n) is 9.63. The van der Waals surface area contributed by atoms with Gasteiger partial charge in [0, 0.05) is 5.02 Å². The molecule has 90 valence electrons. The van der Waals surface area contributed by atoms with Gasteiger partial charge in [0.1, 0.15) is 0 Å². The number of benzene rings is 1. The lowest BCUT2D eigenvalue weighted by molar-refractivity contribution is -0.147. The predicted molar refractivity (Wildman–Crippen MR) is 66.6 cm³/mol. The second kappa shape index (κ2) is 3.74. The van der Waals surface area contributed by atoms with Gasteiger partial charge in [0.05, 0.1) is 5.41 Å². The van der Waals surface area contributed by atoms with Crippen molar-refractivity contribution in [3.8, 4) is 0 Å². The monoisotopic (exact) mass is 250 g/mol. The van der Waals surface area contributed by atoms with Gasteiger partial charge in [0.25, 0.3) is 0 Å². The van der Waals surface area contributed by atoms with E-state index in [4.69, 9.17) is 11.6 Å². The summed E-state index contributed by atoms with van der Waals surface area (Å²) < 4.78 is 0. The molecule has 0 aliphatic heterocycles. The number of aryl methyl sites for hydroxylation is 1. The van der Waals surface area contributed by atoms with Crippen LogP contribution in [0.5, 0.6) is 0 Å².